The Balaban J connectivity index is 1.73. The van der Waals surface area contributed by atoms with E-state index < -0.39 is 0 Å². The van der Waals surface area contributed by atoms with E-state index in [0.717, 1.165) is 29.6 Å². The number of anilines is 1. The first-order chi connectivity index (χ1) is 9.70. The summed E-state index contributed by atoms with van der Waals surface area (Å²) in [7, 11) is 0. The van der Waals surface area contributed by atoms with Gasteiger partial charge < -0.3 is 10.3 Å². The average molecular weight is 269 g/mol. The molecule has 2 N–H and O–H groups in total. The molecule has 2 aliphatic rings. The minimum absolute atomic E-state index is 0.697. The van der Waals surface area contributed by atoms with Crippen LogP contribution in [0.15, 0.2) is 18.2 Å². The van der Waals surface area contributed by atoms with Gasteiger partial charge >= 0.3 is 0 Å². The summed E-state index contributed by atoms with van der Waals surface area (Å²) in [4.78, 5) is 4.88. The van der Waals surface area contributed by atoms with Gasteiger partial charge in [0.2, 0.25) is 0 Å². The van der Waals surface area contributed by atoms with Crippen molar-refractivity contribution in [1.29, 1.82) is 0 Å². The van der Waals surface area contributed by atoms with Crippen molar-refractivity contribution in [3.8, 4) is 0 Å². The van der Waals surface area contributed by atoms with Crippen molar-refractivity contribution in [2.45, 2.75) is 51.5 Å². The van der Waals surface area contributed by atoms with Crippen LogP contribution < -0.4 is 5.73 Å². The summed E-state index contributed by atoms with van der Waals surface area (Å²) < 4.78 is 2.50. The van der Waals surface area contributed by atoms with Gasteiger partial charge in [0.25, 0.3) is 0 Å². The number of hydrogen-bond acceptors (Lipinski definition) is 2. The number of fused-ring (bicyclic) bond motifs is 1. The van der Waals surface area contributed by atoms with E-state index >= 15 is 0 Å². The number of nitrogens with two attached hydrogens (primary N) is 1. The monoisotopic (exact) mass is 269 g/mol. The number of hydrogen-bond donors (Lipinski definition) is 1. The Kier molecular flexibility index (Phi) is 2.76. The maximum absolute atomic E-state index is 5.91. The molecule has 0 spiro atoms. The SMILES string of the molecule is CC1CCC(Cn2c(C3CC3)nc3cc(N)ccc32)C1. The van der Waals surface area contributed by atoms with E-state index in [1.807, 2.05) is 12.1 Å². The van der Waals surface area contributed by atoms with Crippen LogP contribution >= 0.6 is 0 Å². The van der Waals surface area contributed by atoms with Gasteiger partial charge in [-0.2, -0.15) is 0 Å². The van der Waals surface area contributed by atoms with Crippen molar-refractivity contribution in [1.82, 2.24) is 9.55 Å². The molecule has 3 heteroatoms. The highest BCUT2D eigenvalue weighted by Gasteiger charge is 2.31. The molecule has 2 fully saturated rings. The van der Waals surface area contributed by atoms with Gasteiger partial charge in [-0.15, -0.1) is 0 Å². The van der Waals surface area contributed by atoms with Crippen molar-refractivity contribution in [3.05, 3.63) is 24.0 Å². The molecule has 0 amide bonds. The van der Waals surface area contributed by atoms with Crippen LogP contribution in [0, 0.1) is 11.8 Å². The average Bonchev–Trinajstić information content (AvgIpc) is 3.10. The van der Waals surface area contributed by atoms with Gasteiger partial charge in [0.15, 0.2) is 0 Å². The third kappa shape index (κ3) is 2.09. The quantitative estimate of drug-likeness (QED) is 0.858. The highest BCUT2D eigenvalue weighted by atomic mass is 15.1. The van der Waals surface area contributed by atoms with Gasteiger partial charge in [-0.3, -0.25) is 0 Å². The van der Waals surface area contributed by atoms with Crippen LogP contribution in [0.25, 0.3) is 11.0 Å². The molecule has 20 heavy (non-hydrogen) atoms. The summed E-state index contributed by atoms with van der Waals surface area (Å²) in [5.41, 5.74) is 9.09. The summed E-state index contributed by atoms with van der Waals surface area (Å²) in [5.74, 6) is 3.74. The predicted molar refractivity (Wildman–Crippen MR) is 82.6 cm³/mol. The molecular weight excluding hydrogens is 246 g/mol. The van der Waals surface area contributed by atoms with E-state index in [4.69, 9.17) is 10.7 Å². The molecule has 2 unspecified atom stereocenters. The summed E-state index contributed by atoms with van der Waals surface area (Å²) in [6.07, 6.45) is 6.75. The van der Waals surface area contributed by atoms with Crippen LogP contribution in [0.2, 0.25) is 0 Å². The molecule has 106 valence electrons. The molecule has 2 saturated carbocycles. The lowest BCUT2D eigenvalue weighted by Crippen LogP contribution is -2.10. The maximum Gasteiger partial charge on any atom is 0.113 e. The van der Waals surface area contributed by atoms with Gasteiger partial charge in [-0.25, -0.2) is 4.98 Å². The Morgan fingerprint density at radius 1 is 1.25 bits per heavy atom. The molecule has 2 aromatic rings. The molecule has 2 atom stereocenters. The topological polar surface area (TPSA) is 43.8 Å². The van der Waals surface area contributed by atoms with Crippen LogP contribution in [-0.4, -0.2) is 9.55 Å². The number of benzene rings is 1. The first-order valence-corrected chi connectivity index (χ1v) is 7.96. The molecule has 0 aliphatic heterocycles. The Morgan fingerprint density at radius 3 is 2.80 bits per heavy atom. The molecule has 0 saturated heterocycles. The predicted octanol–water partition coefficient (Wildman–Crippen LogP) is 3.93. The summed E-state index contributed by atoms with van der Waals surface area (Å²) >= 11 is 0. The van der Waals surface area contributed by atoms with Crippen LogP contribution in [-0.2, 0) is 6.54 Å². The van der Waals surface area contributed by atoms with Crippen molar-refractivity contribution in [2.75, 3.05) is 5.73 Å². The maximum atomic E-state index is 5.91. The lowest BCUT2D eigenvalue weighted by atomic mass is 10.1. The molecule has 1 aromatic carbocycles. The van der Waals surface area contributed by atoms with Gasteiger partial charge in [0.05, 0.1) is 11.0 Å². The minimum atomic E-state index is 0.697. The number of imidazole rings is 1. The largest absolute Gasteiger partial charge is 0.399 e. The Hall–Kier alpha value is -1.51. The van der Waals surface area contributed by atoms with Crippen LogP contribution in [0.4, 0.5) is 5.69 Å². The molecule has 4 rings (SSSR count). The van der Waals surface area contributed by atoms with Crippen molar-refractivity contribution >= 4 is 16.7 Å². The third-order valence-corrected chi connectivity index (χ3v) is 4.99. The zero-order valence-corrected chi connectivity index (χ0v) is 12.2. The van der Waals surface area contributed by atoms with E-state index in [-0.39, 0.29) is 0 Å². The minimum Gasteiger partial charge on any atom is -0.399 e. The Morgan fingerprint density at radius 2 is 2.10 bits per heavy atom. The van der Waals surface area contributed by atoms with Crippen molar-refractivity contribution in [2.24, 2.45) is 11.8 Å². The molecular formula is C17H23N3. The summed E-state index contributed by atoms with van der Waals surface area (Å²) in [6.45, 7) is 3.53. The smallest absolute Gasteiger partial charge is 0.113 e. The standard InChI is InChI=1S/C17H23N3/c1-11-2-3-12(8-11)10-20-16-7-6-14(18)9-15(16)19-17(20)13-4-5-13/h6-7,9,11-13H,2-5,8,10,18H2,1H3. The molecule has 1 heterocycles. The normalized spacial score (nSPS) is 26.4. The summed E-state index contributed by atoms with van der Waals surface area (Å²) in [6, 6.07) is 6.19. The Labute approximate surface area is 120 Å². The zero-order valence-electron chi connectivity index (χ0n) is 12.2. The molecule has 0 bridgehead atoms. The van der Waals surface area contributed by atoms with E-state index in [1.54, 1.807) is 0 Å². The van der Waals surface area contributed by atoms with E-state index in [1.165, 1.54) is 43.4 Å². The highest BCUT2D eigenvalue weighted by molar-refractivity contribution is 5.79. The number of nitrogens with zero attached hydrogens (tertiary/aromatic N) is 2. The number of aromatic nitrogens is 2. The van der Waals surface area contributed by atoms with Crippen LogP contribution in [0.1, 0.15) is 50.8 Å². The van der Waals surface area contributed by atoms with Crippen molar-refractivity contribution < 1.29 is 0 Å². The van der Waals surface area contributed by atoms with E-state index in [0.29, 0.717) is 5.92 Å². The second kappa shape index (κ2) is 4.51. The van der Waals surface area contributed by atoms with E-state index in [9.17, 15) is 0 Å². The number of nitrogen functional groups attached to an aromatic ring is 1. The lowest BCUT2D eigenvalue weighted by molar-refractivity contribution is 0.439. The molecule has 1 aromatic heterocycles. The van der Waals surface area contributed by atoms with Crippen LogP contribution in [0.5, 0.6) is 0 Å². The van der Waals surface area contributed by atoms with Gasteiger partial charge in [0.1, 0.15) is 5.82 Å². The molecule has 0 radical (unpaired) electrons. The second-order valence-corrected chi connectivity index (χ2v) is 6.89. The lowest BCUT2D eigenvalue weighted by Gasteiger charge is -2.14. The first-order valence-electron chi connectivity index (χ1n) is 7.96. The van der Waals surface area contributed by atoms with Gasteiger partial charge in [-0.1, -0.05) is 13.3 Å². The Bertz CT molecular complexity index is 639. The second-order valence-electron chi connectivity index (χ2n) is 6.89. The number of rotatable bonds is 3. The molecule has 3 nitrogen and oxygen atoms in total. The van der Waals surface area contributed by atoms with Crippen LogP contribution in [0.3, 0.4) is 0 Å². The third-order valence-electron chi connectivity index (χ3n) is 4.99. The highest BCUT2D eigenvalue weighted by Crippen LogP contribution is 2.42. The molecule has 2 aliphatic carbocycles. The van der Waals surface area contributed by atoms with Gasteiger partial charge in [-0.05, 0) is 55.7 Å². The van der Waals surface area contributed by atoms with Crippen molar-refractivity contribution in [3.63, 3.8) is 0 Å². The zero-order chi connectivity index (χ0) is 13.7. The fraction of sp³-hybridized carbons (Fsp3) is 0.588. The first kappa shape index (κ1) is 12.2. The van der Waals surface area contributed by atoms with Gasteiger partial charge in [0, 0.05) is 18.2 Å². The summed E-state index contributed by atoms with van der Waals surface area (Å²) in [5, 5.41) is 0. The van der Waals surface area contributed by atoms with E-state index in [2.05, 4.69) is 17.6 Å². The fourth-order valence-corrected chi connectivity index (χ4v) is 3.76. The fourth-order valence-electron chi connectivity index (χ4n) is 3.76.